The fourth-order valence-corrected chi connectivity index (χ4v) is 13.0. The Balaban J connectivity index is 1.21. The molecule has 0 unspecified atom stereocenters. The van der Waals surface area contributed by atoms with Crippen molar-refractivity contribution in [3.63, 3.8) is 0 Å². The molecule has 12 rings (SSSR count). The number of hydrogen-bond donors (Lipinski definition) is 0. The first-order valence-corrected chi connectivity index (χ1v) is 23.0. The third kappa shape index (κ3) is 4.91. The highest BCUT2D eigenvalue weighted by Crippen LogP contribution is 2.67. The van der Waals surface area contributed by atoms with Gasteiger partial charge in [0, 0.05) is 43.7 Å². The first-order valence-electron chi connectivity index (χ1n) is 22.2. The molecule has 0 saturated carbocycles. The fourth-order valence-electron chi connectivity index (χ4n) is 11.3. The number of nitrogens with zero attached hydrogens (tertiary/aromatic N) is 2. The molecule has 0 N–H and O–H groups in total. The largest absolute Gasteiger partial charge is 0.311 e. The van der Waals surface area contributed by atoms with E-state index in [1.807, 2.05) is 0 Å². The van der Waals surface area contributed by atoms with Gasteiger partial charge in [-0.05, 0) is 134 Å². The van der Waals surface area contributed by atoms with Crippen molar-refractivity contribution in [3.8, 4) is 22.3 Å². The molecule has 0 atom stereocenters. The highest BCUT2D eigenvalue weighted by molar-refractivity contribution is 7.30. The Hall–Kier alpha value is -6.10. The third-order valence-electron chi connectivity index (χ3n) is 14.2. The van der Waals surface area contributed by atoms with Gasteiger partial charge in [0.2, 0.25) is 0 Å². The van der Waals surface area contributed by atoms with E-state index in [0.29, 0.717) is 17.8 Å². The number of aryl methyl sites for hydroxylation is 1. The van der Waals surface area contributed by atoms with Crippen molar-refractivity contribution in [1.82, 2.24) is 0 Å². The maximum Gasteiger partial charge on any atom is 0.264 e. The third-order valence-corrected chi connectivity index (χ3v) is 15.6. The summed E-state index contributed by atoms with van der Waals surface area (Å²) in [5.74, 6) is 1.33. The van der Waals surface area contributed by atoms with Crippen molar-refractivity contribution in [3.05, 3.63) is 195 Å². The molecule has 1 aromatic heterocycles. The molecule has 1 spiro atoms. The monoisotopic (exact) mass is 804 g/mol. The molecule has 61 heavy (non-hydrogen) atoms. The summed E-state index contributed by atoms with van der Waals surface area (Å²) in [5, 5.41) is 0. The summed E-state index contributed by atoms with van der Waals surface area (Å²) in [4.78, 5) is 6.66. The summed E-state index contributed by atoms with van der Waals surface area (Å²) in [6.07, 6.45) is 0. The van der Waals surface area contributed by atoms with E-state index in [1.54, 1.807) is 0 Å². The number of thiophene rings is 1. The number of fused-ring (bicyclic) bond motifs is 15. The van der Waals surface area contributed by atoms with Crippen molar-refractivity contribution in [1.29, 1.82) is 0 Å². The molecule has 2 aliphatic carbocycles. The average molecular weight is 805 g/mol. The van der Waals surface area contributed by atoms with Crippen LogP contribution < -0.4 is 25.5 Å². The normalized spacial score (nSPS) is 14.6. The lowest BCUT2D eigenvalue weighted by Crippen LogP contribution is -2.60. The predicted octanol–water partition coefficient (Wildman–Crippen LogP) is 13.9. The summed E-state index contributed by atoms with van der Waals surface area (Å²) in [5.41, 5.74) is 24.9. The van der Waals surface area contributed by atoms with Crippen LogP contribution in [0.3, 0.4) is 0 Å². The van der Waals surface area contributed by atoms with E-state index in [0.717, 1.165) is 0 Å². The Kier molecular flexibility index (Phi) is 7.95. The summed E-state index contributed by atoms with van der Waals surface area (Å²) < 4.78 is 1.43. The first kappa shape index (κ1) is 36.7. The molecule has 0 saturated heterocycles. The lowest BCUT2D eigenvalue weighted by molar-refractivity contribution is 0.799. The van der Waals surface area contributed by atoms with Gasteiger partial charge in [0.05, 0.1) is 11.1 Å². The molecule has 2 nitrogen and oxygen atoms in total. The van der Waals surface area contributed by atoms with Gasteiger partial charge in [0.1, 0.15) is 0 Å². The second-order valence-corrected chi connectivity index (χ2v) is 19.7. The van der Waals surface area contributed by atoms with Gasteiger partial charge in [0.25, 0.3) is 6.71 Å². The predicted molar refractivity (Wildman–Crippen MR) is 262 cm³/mol. The number of para-hydroxylation sites is 1. The molecular weight excluding hydrogens is 756 g/mol. The van der Waals surface area contributed by atoms with Gasteiger partial charge in [-0.15, -0.1) is 11.3 Å². The minimum absolute atomic E-state index is 0.0621. The molecule has 4 aliphatic rings. The van der Waals surface area contributed by atoms with Crippen molar-refractivity contribution in [2.75, 3.05) is 9.80 Å². The Bertz CT molecular complexity index is 3050. The van der Waals surface area contributed by atoms with Gasteiger partial charge in [-0.25, -0.2) is 0 Å². The van der Waals surface area contributed by atoms with Gasteiger partial charge < -0.3 is 9.80 Å². The van der Waals surface area contributed by atoms with Crippen LogP contribution in [0.1, 0.15) is 103 Å². The highest BCUT2D eigenvalue weighted by Gasteiger charge is 2.57. The summed E-state index contributed by atoms with van der Waals surface area (Å²) in [6.45, 7) is 16.1. The topological polar surface area (TPSA) is 6.48 Å². The minimum Gasteiger partial charge on any atom is -0.311 e. The first-order chi connectivity index (χ1) is 29.7. The van der Waals surface area contributed by atoms with Crippen LogP contribution in [0, 0.1) is 6.92 Å². The van der Waals surface area contributed by atoms with Gasteiger partial charge in [-0.2, -0.15) is 0 Å². The quantitative estimate of drug-likeness (QED) is 0.160. The van der Waals surface area contributed by atoms with Crippen LogP contribution in [0.2, 0.25) is 0 Å². The summed E-state index contributed by atoms with van der Waals surface area (Å²) in [6, 6.07) is 58.9. The Morgan fingerprint density at radius 1 is 0.492 bits per heavy atom. The molecule has 2 aliphatic heterocycles. The Labute approximate surface area is 365 Å². The van der Waals surface area contributed by atoms with Gasteiger partial charge >= 0.3 is 0 Å². The van der Waals surface area contributed by atoms with E-state index in [-0.39, 0.29) is 6.71 Å². The molecule has 4 heteroatoms. The zero-order chi connectivity index (χ0) is 41.5. The number of rotatable bonds is 5. The smallest absolute Gasteiger partial charge is 0.264 e. The summed E-state index contributed by atoms with van der Waals surface area (Å²) >= 11 is 2.07. The lowest BCUT2D eigenvalue weighted by Gasteiger charge is -2.43. The lowest BCUT2D eigenvalue weighted by atomic mass is 9.36. The van der Waals surface area contributed by atoms with E-state index in [9.17, 15) is 0 Å². The van der Waals surface area contributed by atoms with E-state index >= 15 is 0 Å². The number of hydrogen-bond acceptors (Lipinski definition) is 3. The zero-order valence-corrected chi connectivity index (χ0v) is 36.9. The van der Waals surface area contributed by atoms with Crippen LogP contribution in [0.25, 0.3) is 22.3 Å². The fraction of sp³-hybridized carbons (Fsp3) is 0.193. The van der Waals surface area contributed by atoms with Crippen LogP contribution >= 0.6 is 11.3 Å². The summed E-state index contributed by atoms with van der Waals surface area (Å²) in [7, 11) is 0. The molecule has 0 radical (unpaired) electrons. The maximum absolute atomic E-state index is 2.66. The van der Waals surface area contributed by atoms with E-state index in [2.05, 4.69) is 221 Å². The second kappa shape index (κ2) is 13.2. The second-order valence-electron chi connectivity index (χ2n) is 18.7. The maximum atomic E-state index is 2.66. The molecular formula is C57H49BN2S. The van der Waals surface area contributed by atoms with E-state index in [4.69, 9.17) is 0 Å². The SMILES string of the molecule is Cc1cc2c3c(c1)N(c1ccc(C(C)C)cc1)c1c(sc4c1-c1ccc(C(C)C)cc1C41c4ccccc4-c4ccccc41)B3c1ccccc1N2c1ccc(C(C)C)cc1. The van der Waals surface area contributed by atoms with Crippen LogP contribution in [0.5, 0.6) is 0 Å². The standard InChI is InChI=1S/C57H49BN2S/c1-33(2)37-20-25-40(26-21-37)59-49-19-13-12-18-48(49)58-53-50(59)30-36(7)31-51(53)60(41-27-22-38(23-28-41)34(3)4)54-52-44-29-24-39(35(5)6)32-47(44)57(55(52)61-56(54)58)45-16-10-8-14-42(45)43-15-9-11-17-46(43)57/h8-35H,1-7H3. The zero-order valence-electron chi connectivity index (χ0n) is 36.0. The molecule has 7 aromatic carbocycles. The number of anilines is 6. The molecule has 0 amide bonds. The minimum atomic E-state index is -0.429. The highest BCUT2D eigenvalue weighted by atomic mass is 32.1. The van der Waals surface area contributed by atoms with E-state index < -0.39 is 5.41 Å². The van der Waals surface area contributed by atoms with Gasteiger partial charge in [0.15, 0.2) is 0 Å². The number of benzene rings is 7. The van der Waals surface area contributed by atoms with Crippen LogP contribution in [-0.2, 0) is 5.41 Å². The molecule has 296 valence electrons. The molecule has 3 heterocycles. The molecule has 0 fully saturated rings. The van der Waals surface area contributed by atoms with Crippen LogP contribution in [0.4, 0.5) is 34.1 Å². The molecule has 8 aromatic rings. The Morgan fingerprint density at radius 3 is 1.62 bits per heavy atom. The van der Waals surface area contributed by atoms with Crippen molar-refractivity contribution in [2.45, 2.75) is 71.6 Å². The van der Waals surface area contributed by atoms with Gasteiger partial charge in [-0.3, -0.25) is 0 Å². The van der Waals surface area contributed by atoms with Crippen molar-refractivity contribution in [2.24, 2.45) is 0 Å². The van der Waals surface area contributed by atoms with Crippen molar-refractivity contribution < 1.29 is 0 Å². The molecule has 0 bridgehead atoms. The van der Waals surface area contributed by atoms with Crippen LogP contribution in [-0.4, -0.2) is 6.71 Å². The van der Waals surface area contributed by atoms with Crippen LogP contribution in [0.15, 0.2) is 152 Å². The van der Waals surface area contributed by atoms with Crippen molar-refractivity contribution >= 4 is 67.9 Å². The Morgan fingerprint density at radius 2 is 1.02 bits per heavy atom. The average Bonchev–Trinajstić information content (AvgIpc) is 3.90. The van der Waals surface area contributed by atoms with Gasteiger partial charge in [-0.1, -0.05) is 151 Å². The van der Waals surface area contributed by atoms with E-state index in [1.165, 1.54) is 116 Å².